The SMILES string of the molecule is C[C@H]1OCCN[C@@H]1C(=O)N1CCc2ccc(F)cc21.Cl. The van der Waals surface area contributed by atoms with Gasteiger partial charge in [0.05, 0.1) is 12.7 Å². The molecule has 0 aliphatic carbocycles. The van der Waals surface area contributed by atoms with Crippen LogP contribution in [0.15, 0.2) is 18.2 Å². The van der Waals surface area contributed by atoms with Crippen LogP contribution in [0.4, 0.5) is 10.1 Å². The zero-order valence-electron chi connectivity index (χ0n) is 11.3. The number of hydrogen-bond acceptors (Lipinski definition) is 3. The maximum atomic E-state index is 13.3. The molecule has 1 N–H and O–H groups in total. The fraction of sp³-hybridized carbons (Fsp3) is 0.500. The van der Waals surface area contributed by atoms with Crippen LogP contribution in [0.5, 0.6) is 0 Å². The van der Waals surface area contributed by atoms with Crippen LogP contribution in [0, 0.1) is 5.82 Å². The number of carbonyl (C=O) groups excluding carboxylic acids is 1. The molecule has 110 valence electrons. The average Bonchev–Trinajstić information content (AvgIpc) is 2.81. The molecule has 0 saturated carbocycles. The molecule has 2 aliphatic heterocycles. The highest BCUT2D eigenvalue weighted by molar-refractivity contribution is 5.99. The highest BCUT2D eigenvalue weighted by Crippen LogP contribution is 2.29. The second kappa shape index (κ2) is 6.08. The summed E-state index contributed by atoms with van der Waals surface area (Å²) in [5, 5.41) is 3.18. The highest BCUT2D eigenvalue weighted by atomic mass is 35.5. The Balaban J connectivity index is 0.00000147. The minimum atomic E-state index is -0.344. The number of halogens is 2. The number of benzene rings is 1. The van der Waals surface area contributed by atoms with Gasteiger partial charge in [-0.2, -0.15) is 0 Å². The number of anilines is 1. The van der Waals surface area contributed by atoms with Gasteiger partial charge in [-0.1, -0.05) is 6.07 Å². The average molecular weight is 301 g/mol. The first-order valence-corrected chi connectivity index (χ1v) is 6.61. The Bertz CT molecular complexity index is 512. The quantitative estimate of drug-likeness (QED) is 0.855. The molecule has 6 heteroatoms. The van der Waals surface area contributed by atoms with Crippen molar-refractivity contribution in [1.29, 1.82) is 0 Å². The molecule has 1 saturated heterocycles. The van der Waals surface area contributed by atoms with E-state index in [1.54, 1.807) is 11.0 Å². The number of nitrogens with one attached hydrogen (secondary N) is 1. The Morgan fingerprint density at radius 1 is 1.50 bits per heavy atom. The van der Waals surface area contributed by atoms with Gasteiger partial charge in [-0.25, -0.2) is 4.39 Å². The minimum Gasteiger partial charge on any atom is -0.375 e. The Kier molecular flexibility index (Phi) is 4.62. The van der Waals surface area contributed by atoms with Gasteiger partial charge in [-0.15, -0.1) is 12.4 Å². The summed E-state index contributed by atoms with van der Waals surface area (Å²) in [6, 6.07) is 4.29. The minimum absolute atomic E-state index is 0. The molecule has 0 aromatic heterocycles. The van der Waals surface area contributed by atoms with E-state index < -0.39 is 0 Å². The normalized spacial score (nSPS) is 25.0. The Labute approximate surface area is 123 Å². The summed E-state index contributed by atoms with van der Waals surface area (Å²) in [7, 11) is 0. The molecule has 2 aliphatic rings. The first-order valence-electron chi connectivity index (χ1n) is 6.61. The van der Waals surface area contributed by atoms with Crippen molar-refractivity contribution in [3.8, 4) is 0 Å². The van der Waals surface area contributed by atoms with E-state index in [4.69, 9.17) is 4.74 Å². The van der Waals surface area contributed by atoms with Gasteiger partial charge in [0.25, 0.3) is 0 Å². The van der Waals surface area contributed by atoms with Gasteiger partial charge in [0.2, 0.25) is 5.91 Å². The number of ether oxygens (including phenoxy) is 1. The van der Waals surface area contributed by atoms with Gasteiger partial charge in [0.1, 0.15) is 11.9 Å². The standard InChI is InChI=1S/C14H17FN2O2.ClH/c1-9-13(16-5-7-19-9)14(18)17-6-4-10-2-3-11(15)8-12(10)17;/h2-3,8-9,13,16H,4-7H2,1H3;1H/t9-,13+;/m1./s1. The third-order valence-electron chi connectivity index (χ3n) is 3.79. The fourth-order valence-electron chi connectivity index (χ4n) is 2.76. The van der Waals surface area contributed by atoms with Crippen LogP contribution < -0.4 is 10.2 Å². The van der Waals surface area contributed by atoms with Gasteiger partial charge in [-0.05, 0) is 31.0 Å². The predicted molar refractivity (Wildman–Crippen MR) is 76.9 cm³/mol. The second-order valence-electron chi connectivity index (χ2n) is 5.02. The van der Waals surface area contributed by atoms with Crippen LogP contribution in [0.2, 0.25) is 0 Å². The summed E-state index contributed by atoms with van der Waals surface area (Å²) in [4.78, 5) is 14.2. The van der Waals surface area contributed by atoms with Crippen molar-refractivity contribution in [2.24, 2.45) is 0 Å². The van der Waals surface area contributed by atoms with E-state index >= 15 is 0 Å². The van der Waals surface area contributed by atoms with E-state index in [1.165, 1.54) is 12.1 Å². The lowest BCUT2D eigenvalue weighted by molar-refractivity contribution is -0.126. The molecule has 2 heterocycles. The van der Waals surface area contributed by atoms with Gasteiger partial charge >= 0.3 is 0 Å². The van der Waals surface area contributed by atoms with Crippen molar-refractivity contribution in [2.45, 2.75) is 25.5 Å². The van der Waals surface area contributed by atoms with Crippen LogP contribution in [-0.2, 0) is 16.0 Å². The topological polar surface area (TPSA) is 41.6 Å². The Morgan fingerprint density at radius 3 is 3.05 bits per heavy atom. The van der Waals surface area contributed by atoms with Crippen LogP contribution in [0.1, 0.15) is 12.5 Å². The molecular weight excluding hydrogens is 283 g/mol. The van der Waals surface area contributed by atoms with Crippen LogP contribution in [-0.4, -0.2) is 37.7 Å². The van der Waals surface area contributed by atoms with E-state index in [-0.39, 0.29) is 36.3 Å². The molecule has 0 radical (unpaired) electrons. The molecule has 1 aromatic rings. The van der Waals surface area contributed by atoms with E-state index in [0.29, 0.717) is 25.4 Å². The number of morpholine rings is 1. The van der Waals surface area contributed by atoms with Crippen molar-refractivity contribution < 1.29 is 13.9 Å². The third kappa shape index (κ3) is 2.66. The monoisotopic (exact) mass is 300 g/mol. The molecule has 1 aromatic carbocycles. The van der Waals surface area contributed by atoms with E-state index in [1.807, 2.05) is 6.92 Å². The number of hydrogen-bond donors (Lipinski definition) is 1. The summed E-state index contributed by atoms with van der Waals surface area (Å²) >= 11 is 0. The van der Waals surface area contributed by atoms with Gasteiger partial charge in [-0.3, -0.25) is 4.79 Å². The zero-order chi connectivity index (χ0) is 13.4. The summed E-state index contributed by atoms with van der Waals surface area (Å²) in [5.74, 6) is -0.337. The first-order chi connectivity index (χ1) is 9.16. The largest absolute Gasteiger partial charge is 0.375 e. The predicted octanol–water partition coefficient (Wildman–Crippen LogP) is 1.51. The van der Waals surface area contributed by atoms with Crippen molar-refractivity contribution in [3.05, 3.63) is 29.6 Å². The molecule has 0 spiro atoms. The smallest absolute Gasteiger partial charge is 0.246 e. The lowest BCUT2D eigenvalue weighted by atomic mass is 10.1. The van der Waals surface area contributed by atoms with Crippen molar-refractivity contribution in [1.82, 2.24) is 5.32 Å². The zero-order valence-corrected chi connectivity index (χ0v) is 12.1. The highest BCUT2D eigenvalue weighted by Gasteiger charge is 2.35. The Morgan fingerprint density at radius 2 is 2.30 bits per heavy atom. The molecule has 2 atom stereocenters. The molecular formula is C14H18ClFN2O2. The first kappa shape index (κ1) is 15.2. The van der Waals surface area contributed by atoms with Crippen LogP contribution >= 0.6 is 12.4 Å². The molecule has 0 bridgehead atoms. The Hall–Kier alpha value is -1.17. The van der Waals surface area contributed by atoms with E-state index in [9.17, 15) is 9.18 Å². The number of carbonyl (C=O) groups is 1. The third-order valence-corrected chi connectivity index (χ3v) is 3.79. The van der Waals surface area contributed by atoms with Crippen LogP contribution in [0.25, 0.3) is 0 Å². The number of nitrogens with zero attached hydrogens (tertiary/aromatic N) is 1. The van der Waals surface area contributed by atoms with Crippen LogP contribution in [0.3, 0.4) is 0 Å². The second-order valence-corrected chi connectivity index (χ2v) is 5.02. The van der Waals surface area contributed by atoms with Crippen molar-refractivity contribution in [2.75, 3.05) is 24.6 Å². The lowest BCUT2D eigenvalue weighted by Crippen LogP contribution is -2.56. The van der Waals surface area contributed by atoms with Crippen molar-refractivity contribution >= 4 is 24.0 Å². The van der Waals surface area contributed by atoms with E-state index in [2.05, 4.69) is 5.32 Å². The van der Waals surface area contributed by atoms with E-state index in [0.717, 1.165) is 12.0 Å². The number of rotatable bonds is 1. The van der Waals surface area contributed by atoms with Gasteiger partial charge < -0.3 is 15.0 Å². The number of amides is 1. The molecule has 0 unspecified atom stereocenters. The maximum Gasteiger partial charge on any atom is 0.246 e. The molecule has 20 heavy (non-hydrogen) atoms. The summed E-state index contributed by atoms with van der Waals surface area (Å²) < 4.78 is 18.8. The molecule has 4 nitrogen and oxygen atoms in total. The summed E-state index contributed by atoms with van der Waals surface area (Å²) in [5.41, 5.74) is 1.73. The van der Waals surface area contributed by atoms with Crippen molar-refractivity contribution in [3.63, 3.8) is 0 Å². The maximum absolute atomic E-state index is 13.3. The summed E-state index contributed by atoms with van der Waals surface area (Å²) in [6.07, 6.45) is 0.627. The summed E-state index contributed by atoms with van der Waals surface area (Å²) in [6.45, 7) is 3.79. The van der Waals surface area contributed by atoms with Gasteiger partial charge in [0.15, 0.2) is 0 Å². The molecule has 1 fully saturated rings. The molecule has 1 amide bonds. The lowest BCUT2D eigenvalue weighted by Gasteiger charge is -2.32. The fourth-order valence-corrected chi connectivity index (χ4v) is 2.76. The molecule has 3 rings (SSSR count). The van der Waals surface area contributed by atoms with Gasteiger partial charge in [0, 0.05) is 18.8 Å². The number of fused-ring (bicyclic) bond motifs is 1.